The number of primary amides is 1. The number of carbonyl (C=O) groups is 1. The maximum Gasteiger partial charge on any atom is 0.329 e. The molecule has 7 heteroatoms. The standard InChI is InChI=1S/C24H25ClN2O3S/c25-19-13-11-18(12-14-19)22-9-2-3-10-23(22)30-16-5-1-4-15-29-21-8-6-7-20(17-21)27(31)24(26)28/h2-3,6-14,17,31H,1,4-5,15-16H2,(H2,26,28). The molecule has 0 heterocycles. The molecule has 162 valence electrons. The van der Waals surface area contributed by atoms with Crippen LogP contribution in [0.15, 0.2) is 72.8 Å². The Labute approximate surface area is 193 Å². The molecule has 3 aromatic carbocycles. The van der Waals surface area contributed by atoms with E-state index >= 15 is 0 Å². The van der Waals surface area contributed by atoms with Gasteiger partial charge in [-0.05, 0) is 55.2 Å². The number of ether oxygens (including phenoxy) is 2. The molecule has 0 unspecified atom stereocenters. The third-order valence-electron chi connectivity index (χ3n) is 4.63. The number of nitrogens with two attached hydrogens (primary N) is 1. The second-order valence-corrected chi connectivity index (χ2v) is 7.74. The molecule has 0 aromatic heterocycles. The molecule has 0 aliphatic rings. The molecule has 0 radical (unpaired) electrons. The largest absolute Gasteiger partial charge is 0.494 e. The number of unbranched alkanes of at least 4 members (excludes halogenated alkanes) is 2. The molecule has 0 bridgehead atoms. The van der Waals surface area contributed by atoms with Gasteiger partial charge in [-0.1, -0.05) is 60.8 Å². The Morgan fingerprint density at radius 2 is 1.61 bits per heavy atom. The lowest BCUT2D eigenvalue weighted by Crippen LogP contribution is -2.27. The van der Waals surface area contributed by atoms with E-state index in [1.54, 1.807) is 18.2 Å². The fraction of sp³-hybridized carbons (Fsp3) is 0.208. The van der Waals surface area contributed by atoms with Crippen molar-refractivity contribution in [1.29, 1.82) is 0 Å². The van der Waals surface area contributed by atoms with Gasteiger partial charge in [0.25, 0.3) is 0 Å². The van der Waals surface area contributed by atoms with Crippen LogP contribution in [0.2, 0.25) is 5.02 Å². The fourth-order valence-electron chi connectivity index (χ4n) is 3.05. The quantitative estimate of drug-likeness (QED) is 0.275. The van der Waals surface area contributed by atoms with E-state index in [4.69, 9.17) is 26.8 Å². The van der Waals surface area contributed by atoms with Gasteiger partial charge in [-0.25, -0.2) is 9.10 Å². The van der Waals surface area contributed by atoms with Crippen molar-refractivity contribution in [1.82, 2.24) is 0 Å². The van der Waals surface area contributed by atoms with E-state index < -0.39 is 6.03 Å². The summed E-state index contributed by atoms with van der Waals surface area (Å²) in [6.45, 7) is 1.21. The predicted octanol–water partition coefficient (Wildman–Crippen LogP) is 6.37. The van der Waals surface area contributed by atoms with Crippen molar-refractivity contribution in [3.63, 3.8) is 0 Å². The van der Waals surface area contributed by atoms with Crippen LogP contribution >= 0.6 is 24.4 Å². The zero-order valence-electron chi connectivity index (χ0n) is 17.0. The highest BCUT2D eigenvalue weighted by molar-refractivity contribution is 7.82. The van der Waals surface area contributed by atoms with Crippen molar-refractivity contribution in [2.24, 2.45) is 5.73 Å². The minimum atomic E-state index is -0.641. The normalized spacial score (nSPS) is 10.5. The molecule has 0 spiro atoms. The third-order valence-corrected chi connectivity index (χ3v) is 5.31. The highest BCUT2D eigenvalue weighted by Gasteiger charge is 2.08. The number of hydrogen-bond donors (Lipinski definition) is 2. The molecule has 0 saturated carbocycles. The number of para-hydroxylation sites is 1. The Morgan fingerprint density at radius 3 is 2.35 bits per heavy atom. The van der Waals surface area contributed by atoms with Gasteiger partial charge in [0.1, 0.15) is 11.5 Å². The van der Waals surface area contributed by atoms with E-state index in [1.807, 2.05) is 54.6 Å². The van der Waals surface area contributed by atoms with Crippen molar-refractivity contribution >= 4 is 36.1 Å². The number of carbonyl (C=O) groups excluding carboxylic acids is 1. The van der Waals surface area contributed by atoms with Crippen LogP contribution in [-0.4, -0.2) is 19.2 Å². The topological polar surface area (TPSA) is 64.8 Å². The molecule has 31 heavy (non-hydrogen) atoms. The maximum absolute atomic E-state index is 11.2. The van der Waals surface area contributed by atoms with E-state index in [2.05, 4.69) is 12.8 Å². The minimum Gasteiger partial charge on any atom is -0.494 e. The number of nitrogens with zero attached hydrogens (tertiary/aromatic N) is 1. The number of rotatable bonds is 10. The number of anilines is 1. The van der Waals surface area contributed by atoms with Gasteiger partial charge in [0.2, 0.25) is 0 Å². The monoisotopic (exact) mass is 456 g/mol. The summed E-state index contributed by atoms with van der Waals surface area (Å²) in [5.41, 5.74) is 7.93. The number of urea groups is 1. The van der Waals surface area contributed by atoms with Crippen LogP contribution in [0.1, 0.15) is 19.3 Å². The van der Waals surface area contributed by atoms with Crippen molar-refractivity contribution in [3.8, 4) is 22.6 Å². The number of amides is 2. The van der Waals surface area contributed by atoms with Crippen LogP contribution in [0.3, 0.4) is 0 Å². The molecule has 3 rings (SSSR count). The maximum atomic E-state index is 11.2. The smallest absolute Gasteiger partial charge is 0.329 e. The molecular formula is C24H25ClN2O3S. The summed E-state index contributed by atoms with van der Waals surface area (Å²) in [4.78, 5) is 11.2. The summed E-state index contributed by atoms with van der Waals surface area (Å²) in [6, 6.07) is 22.2. The summed E-state index contributed by atoms with van der Waals surface area (Å²) >= 11 is 10.0. The van der Waals surface area contributed by atoms with Gasteiger partial charge in [0, 0.05) is 16.7 Å². The van der Waals surface area contributed by atoms with E-state index in [0.29, 0.717) is 29.7 Å². The third kappa shape index (κ3) is 6.84. The molecule has 0 aliphatic carbocycles. The second kappa shape index (κ2) is 11.5. The number of hydrogen-bond acceptors (Lipinski definition) is 4. The summed E-state index contributed by atoms with van der Waals surface area (Å²) < 4.78 is 12.9. The summed E-state index contributed by atoms with van der Waals surface area (Å²) in [6.07, 6.45) is 2.79. The first-order valence-corrected chi connectivity index (χ1v) is 10.8. The van der Waals surface area contributed by atoms with Gasteiger partial charge in [-0.2, -0.15) is 0 Å². The van der Waals surface area contributed by atoms with Crippen molar-refractivity contribution in [2.75, 3.05) is 17.5 Å². The molecule has 3 aromatic rings. The van der Waals surface area contributed by atoms with Gasteiger partial charge in [-0.15, -0.1) is 0 Å². The van der Waals surface area contributed by atoms with Crippen LogP contribution in [0, 0.1) is 0 Å². The average molecular weight is 457 g/mol. The zero-order valence-corrected chi connectivity index (χ0v) is 18.7. The van der Waals surface area contributed by atoms with Gasteiger partial charge in [0.15, 0.2) is 0 Å². The highest BCUT2D eigenvalue weighted by Crippen LogP contribution is 2.30. The lowest BCUT2D eigenvalue weighted by Gasteiger charge is -2.14. The number of thiol groups is 1. The zero-order chi connectivity index (χ0) is 22.1. The van der Waals surface area contributed by atoms with E-state index in [0.717, 1.165) is 40.4 Å². The van der Waals surface area contributed by atoms with E-state index in [1.165, 1.54) is 0 Å². The molecule has 0 fully saturated rings. The molecular weight excluding hydrogens is 432 g/mol. The van der Waals surface area contributed by atoms with Crippen LogP contribution in [0.5, 0.6) is 11.5 Å². The Bertz CT molecular complexity index is 998. The van der Waals surface area contributed by atoms with E-state index in [-0.39, 0.29) is 0 Å². The van der Waals surface area contributed by atoms with Gasteiger partial charge >= 0.3 is 6.03 Å². The Morgan fingerprint density at radius 1 is 0.903 bits per heavy atom. The van der Waals surface area contributed by atoms with Crippen LogP contribution in [0.4, 0.5) is 10.5 Å². The second-order valence-electron chi connectivity index (χ2n) is 6.91. The number of halogens is 1. The Hall–Kier alpha value is -2.83. The summed E-state index contributed by atoms with van der Waals surface area (Å²) in [5.74, 6) is 1.54. The lowest BCUT2D eigenvalue weighted by atomic mass is 10.0. The first kappa shape index (κ1) is 22.8. The molecule has 2 amide bonds. The van der Waals surface area contributed by atoms with Crippen molar-refractivity contribution < 1.29 is 14.3 Å². The predicted molar refractivity (Wildman–Crippen MR) is 129 cm³/mol. The molecule has 0 saturated heterocycles. The first-order valence-electron chi connectivity index (χ1n) is 10.0. The van der Waals surface area contributed by atoms with Crippen LogP contribution in [-0.2, 0) is 0 Å². The van der Waals surface area contributed by atoms with Gasteiger partial charge in [-0.3, -0.25) is 0 Å². The molecule has 5 nitrogen and oxygen atoms in total. The Balaban J connectivity index is 1.40. The highest BCUT2D eigenvalue weighted by atomic mass is 35.5. The Kier molecular flexibility index (Phi) is 8.50. The SMILES string of the molecule is NC(=O)N(S)c1cccc(OCCCCCOc2ccccc2-c2ccc(Cl)cc2)c1. The van der Waals surface area contributed by atoms with Gasteiger partial charge < -0.3 is 15.2 Å². The minimum absolute atomic E-state index is 0.570. The average Bonchev–Trinajstić information content (AvgIpc) is 2.79. The molecule has 0 aliphatic heterocycles. The van der Waals surface area contributed by atoms with Crippen LogP contribution < -0.4 is 19.5 Å². The summed E-state index contributed by atoms with van der Waals surface area (Å²) in [7, 11) is 0. The van der Waals surface area contributed by atoms with Gasteiger partial charge in [0.05, 0.1) is 18.9 Å². The molecule has 2 N–H and O–H groups in total. The first-order chi connectivity index (χ1) is 15.0. The number of benzene rings is 3. The summed E-state index contributed by atoms with van der Waals surface area (Å²) in [5, 5.41) is 0.715. The molecule has 0 atom stereocenters. The van der Waals surface area contributed by atoms with Crippen molar-refractivity contribution in [2.45, 2.75) is 19.3 Å². The lowest BCUT2D eigenvalue weighted by molar-refractivity contribution is 0.257. The van der Waals surface area contributed by atoms with E-state index in [9.17, 15) is 4.79 Å². The van der Waals surface area contributed by atoms with Crippen LogP contribution in [0.25, 0.3) is 11.1 Å². The van der Waals surface area contributed by atoms with Crippen molar-refractivity contribution in [3.05, 3.63) is 77.8 Å². The fourth-order valence-corrected chi connectivity index (χ4v) is 3.30.